The van der Waals surface area contributed by atoms with Crippen molar-refractivity contribution in [2.75, 3.05) is 6.54 Å². The predicted octanol–water partition coefficient (Wildman–Crippen LogP) is 2.01. The van der Waals surface area contributed by atoms with E-state index in [0.29, 0.717) is 18.9 Å². The highest BCUT2D eigenvalue weighted by molar-refractivity contribution is 5.89. The van der Waals surface area contributed by atoms with Crippen LogP contribution in [0.15, 0.2) is 42.6 Å². The SMILES string of the molecule is Cc1nccc(CNC(=O)[C@@H]2CC(=O)N([C@@H](C)c3ccccc3)C2)n1. The van der Waals surface area contributed by atoms with Gasteiger partial charge < -0.3 is 10.2 Å². The van der Waals surface area contributed by atoms with E-state index in [9.17, 15) is 9.59 Å². The summed E-state index contributed by atoms with van der Waals surface area (Å²) in [5, 5.41) is 2.88. The number of likely N-dealkylation sites (tertiary alicyclic amines) is 1. The molecule has 1 fully saturated rings. The molecule has 2 heterocycles. The predicted molar refractivity (Wildman–Crippen MR) is 93.3 cm³/mol. The van der Waals surface area contributed by atoms with Crippen LogP contribution in [0.4, 0.5) is 0 Å². The number of rotatable bonds is 5. The fourth-order valence-electron chi connectivity index (χ4n) is 3.12. The second kappa shape index (κ2) is 7.42. The molecule has 0 unspecified atom stereocenters. The number of benzene rings is 1. The lowest BCUT2D eigenvalue weighted by Crippen LogP contribution is -2.33. The second-order valence-electron chi connectivity index (χ2n) is 6.35. The summed E-state index contributed by atoms with van der Waals surface area (Å²) in [7, 11) is 0. The topological polar surface area (TPSA) is 75.2 Å². The average molecular weight is 338 g/mol. The van der Waals surface area contributed by atoms with Crippen molar-refractivity contribution >= 4 is 11.8 Å². The van der Waals surface area contributed by atoms with Crippen molar-refractivity contribution in [3.63, 3.8) is 0 Å². The smallest absolute Gasteiger partial charge is 0.225 e. The Kier molecular flexibility index (Phi) is 5.07. The zero-order chi connectivity index (χ0) is 17.8. The highest BCUT2D eigenvalue weighted by Crippen LogP contribution is 2.28. The molecule has 25 heavy (non-hydrogen) atoms. The minimum Gasteiger partial charge on any atom is -0.350 e. The van der Waals surface area contributed by atoms with E-state index in [2.05, 4.69) is 15.3 Å². The van der Waals surface area contributed by atoms with E-state index in [1.54, 1.807) is 17.2 Å². The first-order valence-corrected chi connectivity index (χ1v) is 8.45. The van der Waals surface area contributed by atoms with Gasteiger partial charge in [-0.15, -0.1) is 0 Å². The van der Waals surface area contributed by atoms with Crippen LogP contribution in [0.2, 0.25) is 0 Å². The zero-order valence-corrected chi connectivity index (χ0v) is 14.5. The quantitative estimate of drug-likeness (QED) is 0.905. The van der Waals surface area contributed by atoms with Gasteiger partial charge in [-0.05, 0) is 25.5 Å². The van der Waals surface area contributed by atoms with E-state index in [4.69, 9.17) is 0 Å². The summed E-state index contributed by atoms with van der Waals surface area (Å²) < 4.78 is 0. The maximum absolute atomic E-state index is 12.4. The number of carbonyl (C=O) groups is 2. The molecule has 1 aromatic heterocycles. The molecule has 0 radical (unpaired) electrons. The van der Waals surface area contributed by atoms with Crippen LogP contribution in [0.1, 0.15) is 36.5 Å². The van der Waals surface area contributed by atoms with E-state index in [1.807, 2.05) is 44.2 Å². The van der Waals surface area contributed by atoms with Gasteiger partial charge in [-0.3, -0.25) is 9.59 Å². The molecule has 0 aliphatic carbocycles. The molecule has 6 nitrogen and oxygen atoms in total. The molecule has 6 heteroatoms. The van der Waals surface area contributed by atoms with Crippen molar-refractivity contribution in [1.82, 2.24) is 20.2 Å². The number of hydrogen-bond acceptors (Lipinski definition) is 4. The van der Waals surface area contributed by atoms with Crippen molar-refractivity contribution in [2.24, 2.45) is 5.92 Å². The minimum absolute atomic E-state index is 0.0226. The average Bonchev–Trinajstić information content (AvgIpc) is 3.02. The standard InChI is InChI=1S/C19H22N4O2/c1-13(15-6-4-3-5-7-15)23-12-16(10-18(23)24)19(25)21-11-17-8-9-20-14(2)22-17/h3-9,13,16H,10-12H2,1-2H3,(H,21,25)/t13-,16+/m0/s1. The Morgan fingerprint density at radius 1 is 1.32 bits per heavy atom. The number of hydrogen-bond donors (Lipinski definition) is 1. The molecular formula is C19H22N4O2. The van der Waals surface area contributed by atoms with Crippen LogP contribution in [-0.2, 0) is 16.1 Å². The number of nitrogens with zero attached hydrogens (tertiary/aromatic N) is 3. The summed E-state index contributed by atoms with van der Waals surface area (Å²) in [6.07, 6.45) is 1.93. The van der Waals surface area contributed by atoms with E-state index in [0.717, 1.165) is 11.3 Å². The van der Waals surface area contributed by atoms with E-state index < -0.39 is 0 Å². The molecule has 0 bridgehead atoms. The van der Waals surface area contributed by atoms with Gasteiger partial charge in [-0.25, -0.2) is 9.97 Å². The maximum atomic E-state index is 12.4. The van der Waals surface area contributed by atoms with E-state index >= 15 is 0 Å². The highest BCUT2D eigenvalue weighted by atomic mass is 16.2. The van der Waals surface area contributed by atoms with Crippen LogP contribution >= 0.6 is 0 Å². The summed E-state index contributed by atoms with van der Waals surface area (Å²) >= 11 is 0. The number of nitrogens with one attached hydrogen (secondary N) is 1. The molecule has 1 aromatic carbocycles. The van der Waals surface area contributed by atoms with Gasteiger partial charge in [0, 0.05) is 19.2 Å². The van der Waals surface area contributed by atoms with Gasteiger partial charge in [0.15, 0.2) is 0 Å². The van der Waals surface area contributed by atoms with Crippen molar-refractivity contribution in [3.8, 4) is 0 Å². The third kappa shape index (κ3) is 4.02. The molecule has 0 saturated carbocycles. The normalized spacial score (nSPS) is 18.2. The molecule has 130 valence electrons. The fourth-order valence-corrected chi connectivity index (χ4v) is 3.12. The van der Waals surface area contributed by atoms with Gasteiger partial charge in [0.25, 0.3) is 0 Å². The van der Waals surface area contributed by atoms with Crippen molar-refractivity contribution < 1.29 is 9.59 Å². The Hall–Kier alpha value is -2.76. The largest absolute Gasteiger partial charge is 0.350 e. The third-order valence-corrected chi connectivity index (χ3v) is 4.56. The summed E-state index contributed by atoms with van der Waals surface area (Å²) in [6, 6.07) is 11.6. The molecule has 1 aliphatic rings. The molecule has 1 N–H and O–H groups in total. The summed E-state index contributed by atoms with van der Waals surface area (Å²) in [6.45, 7) is 4.60. The van der Waals surface area contributed by atoms with E-state index in [-0.39, 0.29) is 30.2 Å². The first kappa shape index (κ1) is 17.1. The fraction of sp³-hybridized carbons (Fsp3) is 0.368. The number of aromatic nitrogens is 2. The molecule has 1 saturated heterocycles. The molecule has 0 spiro atoms. The Balaban J connectivity index is 1.59. The third-order valence-electron chi connectivity index (χ3n) is 4.56. The minimum atomic E-state index is -0.318. The van der Waals surface area contributed by atoms with Gasteiger partial charge >= 0.3 is 0 Å². The van der Waals surface area contributed by atoms with Crippen molar-refractivity contribution in [1.29, 1.82) is 0 Å². The lowest BCUT2D eigenvalue weighted by atomic mass is 10.1. The Morgan fingerprint density at radius 3 is 2.80 bits per heavy atom. The van der Waals surface area contributed by atoms with Gasteiger partial charge in [0.2, 0.25) is 11.8 Å². The van der Waals surface area contributed by atoms with Gasteiger partial charge in [0.1, 0.15) is 5.82 Å². The lowest BCUT2D eigenvalue weighted by molar-refractivity contribution is -0.130. The van der Waals surface area contributed by atoms with Crippen LogP contribution in [0.5, 0.6) is 0 Å². The summed E-state index contributed by atoms with van der Waals surface area (Å²) in [4.78, 5) is 34.9. The van der Waals surface area contributed by atoms with Crippen molar-refractivity contribution in [3.05, 3.63) is 59.7 Å². The van der Waals surface area contributed by atoms with Crippen LogP contribution in [-0.4, -0.2) is 33.2 Å². The Morgan fingerprint density at radius 2 is 2.08 bits per heavy atom. The number of amides is 2. The lowest BCUT2D eigenvalue weighted by Gasteiger charge is -2.25. The van der Waals surface area contributed by atoms with Crippen LogP contribution in [0.3, 0.4) is 0 Å². The molecule has 2 amide bonds. The Bertz CT molecular complexity index is 763. The van der Waals surface area contributed by atoms with Gasteiger partial charge in [0.05, 0.1) is 24.2 Å². The summed E-state index contributed by atoms with van der Waals surface area (Å²) in [5.41, 5.74) is 1.84. The van der Waals surface area contributed by atoms with Crippen molar-refractivity contribution in [2.45, 2.75) is 32.9 Å². The first-order valence-electron chi connectivity index (χ1n) is 8.45. The summed E-state index contributed by atoms with van der Waals surface area (Å²) in [5.74, 6) is 0.272. The van der Waals surface area contributed by atoms with Crippen LogP contribution in [0, 0.1) is 12.8 Å². The molecule has 3 rings (SSSR count). The van der Waals surface area contributed by atoms with Gasteiger partial charge in [-0.1, -0.05) is 30.3 Å². The number of carbonyl (C=O) groups excluding carboxylic acids is 2. The van der Waals surface area contributed by atoms with E-state index in [1.165, 1.54) is 0 Å². The molecule has 2 atom stereocenters. The van der Waals surface area contributed by atoms with Gasteiger partial charge in [-0.2, -0.15) is 0 Å². The molecular weight excluding hydrogens is 316 g/mol. The molecule has 1 aliphatic heterocycles. The van der Waals surface area contributed by atoms with Crippen LogP contribution < -0.4 is 5.32 Å². The second-order valence-corrected chi connectivity index (χ2v) is 6.35. The Labute approximate surface area is 147 Å². The maximum Gasteiger partial charge on any atom is 0.225 e. The van der Waals surface area contributed by atoms with Crippen LogP contribution in [0.25, 0.3) is 0 Å². The number of aryl methyl sites for hydroxylation is 1. The highest BCUT2D eigenvalue weighted by Gasteiger charge is 2.36. The first-order chi connectivity index (χ1) is 12.0. The monoisotopic (exact) mass is 338 g/mol. The zero-order valence-electron chi connectivity index (χ0n) is 14.5. The molecule has 2 aromatic rings.